The smallest absolute Gasteiger partial charge is 0.142 e. The van der Waals surface area contributed by atoms with Crippen molar-refractivity contribution in [2.24, 2.45) is 0 Å². The summed E-state index contributed by atoms with van der Waals surface area (Å²) in [6.45, 7) is 0. The van der Waals surface area contributed by atoms with Crippen molar-refractivity contribution in [2.75, 3.05) is 5.73 Å². The fraction of sp³-hybridized carbons (Fsp3) is 0. The van der Waals surface area contributed by atoms with Crippen molar-refractivity contribution in [3.63, 3.8) is 0 Å². The van der Waals surface area contributed by atoms with Crippen LogP contribution in [-0.4, -0.2) is 19.6 Å². The molecule has 0 atom stereocenters. The lowest BCUT2D eigenvalue weighted by molar-refractivity contribution is 0.475. The Hall–Kier alpha value is -4.11. The van der Waals surface area contributed by atoms with Gasteiger partial charge in [0.2, 0.25) is 0 Å². The maximum atomic E-state index is 9.77. The molecule has 0 spiro atoms. The average Bonchev–Trinajstić information content (AvgIpc) is 3.18. The first-order chi connectivity index (χ1) is 13.2. The number of nitrogens with zero attached hydrogens (tertiary/aromatic N) is 4. The number of aromatic hydroxyl groups is 1. The Kier molecular flexibility index (Phi) is 4.03. The molecule has 3 N–H and O–H groups in total. The highest BCUT2D eigenvalue weighted by atomic mass is 16.3. The number of nitriles is 1. The molecule has 0 unspecified atom stereocenters. The van der Waals surface area contributed by atoms with Gasteiger partial charge in [0.25, 0.3) is 0 Å². The topological polar surface area (TPSA) is 101 Å². The molecule has 0 fully saturated rings. The molecule has 3 aromatic heterocycles. The highest BCUT2D eigenvalue weighted by Crippen LogP contribution is 2.33. The predicted molar refractivity (Wildman–Crippen MR) is 103 cm³/mol. The second-order valence-corrected chi connectivity index (χ2v) is 5.93. The van der Waals surface area contributed by atoms with Gasteiger partial charge in [-0.3, -0.25) is 0 Å². The van der Waals surface area contributed by atoms with Crippen LogP contribution in [0.2, 0.25) is 0 Å². The van der Waals surface area contributed by atoms with Gasteiger partial charge in [-0.05, 0) is 42.5 Å². The van der Waals surface area contributed by atoms with Gasteiger partial charge < -0.3 is 15.4 Å². The summed E-state index contributed by atoms with van der Waals surface area (Å²) >= 11 is 0. The van der Waals surface area contributed by atoms with Gasteiger partial charge in [0.1, 0.15) is 29.0 Å². The molecular formula is C21H15N5O. The van der Waals surface area contributed by atoms with E-state index in [0.29, 0.717) is 22.4 Å². The summed E-state index contributed by atoms with van der Waals surface area (Å²) in [6, 6.07) is 20.1. The molecule has 3 heterocycles. The molecule has 0 aliphatic heterocycles. The molecule has 0 aliphatic rings. The minimum absolute atomic E-state index is 0.135. The van der Waals surface area contributed by atoms with E-state index in [1.807, 2.05) is 47.2 Å². The number of aromatic nitrogens is 3. The highest BCUT2D eigenvalue weighted by molar-refractivity contribution is 5.79. The zero-order valence-electron chi connectivity index (χ0n) is 14.2. The Morgan fingerprint density at radius 1 is 1.04 bits per heavy atom. The van der Waals surface area contributed by atoms with Crippen LogP contribution in [0.1, 0.15) is 5.56 Å². The quantitative estimate of drug-likeness (QED) is 0.584. The van der Waals surface area contributed by atoms with E-state index in [4.69, 9.17) is 5.73 Å². The molecule has 0 saturated carbocycles. The lowest BCUT2D eigenvalue weighted by Crippen LogP contribution is -2.03. The van der Waals surface area contributed by atoms with Crippen LogP contribution in [-0.2, 0) is 0 Å². The Morgan fingerprint density at radius 2 is 1.93 bits per heavy atom. The second-order valence-electron chi connectivity index (χ2n) is 5.93. The summed E-state index contributed by atoms with van der Waals surface area (Å²) < 4.78 is 1.89. The van der Waals surface area contributed by atoms with Crippen LogP contribution in [0, 0.1) is 11.3 Å². The zero-order valence-corrected chi connectivity index (χ0v) is 14.2. The molecule has 0 amide bonds. The molecule has 0 aliphatic carbocycles. The molecule has 130 valence electrons. The zero-order chi connectivity index (χ0) is 18.8. The third-order valence-electron chi connectivity index (χ3n) is 4.22. The van der Waals surface area contributed by atoms with Crippen LogP contribution in [0.4, 0.5) is 5.82 Å². The Morgan fingerprint density at radius 3 is 2.67 bits per heavy atom. The van der Waals surface area contributed by atoms with Gasteiger partial charge >= 0.3 is 0 Å². The molecule has 0 radical (unpaired) electrons. The van der Waals surface area contributed by atoms with E-state index >= 15 is 0 Å². The van der Waals surface area contributed by atoms with E-state index in [9.17, 15) is 10.4 Å². The number of phenols is 1. The first-order valence-corrected chi connectivity index (χ1v) is 8.26. The minimum Gasteiger partial charge on any atom is -0.508 e. The first kappa shape index (κ1) is 16.4. The van der Waals surface area contributed by atoms with Crippen molar-refractivity contribution < 1.29 is 5.11 Å². The third-order valence-corrected chi connectivity index (χ3v) is 4.22. The van der Waals surface area contributed by atoms with Crippen LogP contribution < -0.4 is 5.73 Å². The summed E-state index contributed by atoms with van der Waals surface area (Å²) in [7, 11) is 0. The van der Waals surface area contributed by atoms with Gasteiger partial charge in [0, 0.05) is 23.5 Å². The SMILES string of the molecule is N#Cc1c(-c2cccn2-c2ccccn2)cc(-c2cccc(O)c2)nc1N. The number of rotatable bonds is 3. The maximum Gasteiger partial charge on any atom is 0.142 e. The minimum atomic E-state index is 0.135. The van der Waals surface area contributed by atoms with Gasteiger partial charge in [0.05, 0.1) is 11.4 Å². The molecule has 6 heteroatoms. The van der Waals surface area contributed by atoms with E-state index in [0.717, 1.165) is 11.5 Å². The van der Waals surface area contributed by atoms with E-state index in [2.05, 4.69) is 16.0 Å². The normalized spacial score (nSPS) is 10.5. The Labute approximate surface area is 155 Å². The van der Waals surface area contributed by atoms with Crippen molar-refractivity contribution in [3.8, 4) is 40.2 Å². The van der Waals surface area contributed by atoms with E-state index in [1.54, 1.807) is 30.5 Å². The van der Waals surface area contributed by atoms with Crippen molar-refractivity contribution in [1.29, 1.82) is 5.26 Å². The van der Waals surface area contributed by atoms with Crippen LogP contribution >= 0.6 is 0 Å². The second kappa shape index (κ2) is 6.65. The van der Waals surface area contributed by atoms with Gasteiger partial charge in [0.15, 0.2) is 0 Å². The standard InChI is InChI=1S/C21H15N5O/c22-13-17-16(19-7-4-10-26(19)20-8-1-2-9-24-20)12-18(25-21(17)23)14-5-3-6-15(27)11-14/h1-12,27H,(H2,23,25). The molecule has 0 saturated heterocycles. The number of anilines is 1. The van der Waals surface area contributed by atoms with E-state index in [1.165, 1.54) is 0 Å². The highest BCUT2D eigenvalue weighted by Gasteiger charge is 2.17. The van der Waals surface area contributed by atoms with Gasteiger partial charge in [-0.1, -0.05) is 18.2 Å². The lowest BCUT2D eigenvalue weighted by Gasteiger charge is -2.13. The van der Waals surface area contributed by atoms with Crippen molar-refractivity contribution in [3.05, 3.63) is 78.6 Å². The molecule has 6 nitrogen and oxygen atoms in total. The largest absolute Gasteiger partial charge is 0.508 e. The Bertz CT molecular complexity index is 1160. The molecule has 27 heavy (non-hydrogen) atoms. The van der Waals surface area contributed by atoms with Gasteiger partial charge in [-0.25, -0.2) is 9.97 Å². The number of hydrogen-bond donors (Lipinski definition) is 2. The summed E-state index contributed by atoms with van der Waals surface area (Å²) in [5.41, 5.74) is 9.10. The monoisotopic (exact) mass is 353 g/mol. The molecule has 4 rings (SSSR count). The number of phenolic OH excluding ortho intramolecular Hbond substituents is 1. The predicted octanol–water partition coefficient (Wildman–Crippen LogP) is 3.76. The van der Waals surface area contributed by atoms with Crippen molar-refractivity contribution in [1.82, 2.24) is 14.5 Å². The molecule has 0 bridgehead atoms. The average molecular weight is 353 g/mol. The lowest BCUT2D eigenvalue weighted by atomic mass is 10.0. The molecule has 4 aromatic rings. The molecule has 1 aromatic carbocycles. The van der Waals surface area contributed by atoms with Crippen LogP contribution in [0.5, 0.6) is 5.75 Å². The third kappa shape index (κ3) is 2.98. The first-order valence-electron chi connectivity index (χ1n) is 8.26. The van der Waals surface area contributed by atoms with Gasteiger partial charge in [-0.15, -0.1) is 0 Å². The summed E-state index contributed by atoms with van der Waals surface area (Å²) in [4.78, 5) is 8.73. The van der Waals surface area contributed by atoms with Crippen LogP contribution in [0.25, 0.3) is 28.3 Å². The number of nitrogen functional groups attached to an aromatic ring is 1. The van der Waals surface area contributed by atoms with Crippen LogP contribution in [0.15, 0.2) is 73.1 Å². The fourth-order valence-corrected chi connectivity index (χ4v) is 2.99. The summed E-state index contributed by atoms with van der Waals surface area (Å²) in [5, 5.41) is 19.4. The number of hydrogen-bond acceptors (Lipinski definition) is 5. The maximum absolute atomic E-state index is 9.77. The van der Waals surface area contributed by atoms with Crippen molar-refractivity contribution in [2.45, 2.75) is 0 Å². The van der Waals surface area contributed by atoms with E-state index < -0.39 is 0 Å². The summed E-state index contributed by atoms with van der Waals surface area (Å²) in [5.74, 6) is 1.01. The van der Waals surface area contributed by atoms with Crippen LogP contribution in [0.3, 0.4) is 0 Å². The number of benzene rings is 1. The van der Waals surface area contributed by atoms with E-state index in [-0.39, 0.29) is 11.6 Å². The van der Waals surface area contributed by atoms with Gasteiger partial charge in [-0.2, -0.15) is 5.26 Å². The number of nitrogens with two attached hydrogens (primary N) is 1. The number of pyridine rings is 2. The van der Waals surface area contributed by atoms with Crippen molar-refractivity contribution >= 4 is 5.82 Å². The molecular weight excluding hydrogens is 338 g/mol. The summed E-state index contributed by atoms with van der Waals surface area (Å²) in [6.07, 6.45) is 3.59. The Balaban J connectivity index is 1.94. The fourth-order valence-electron chi connectivity index (χ4n) is 2.99.